The quantitative estimate of drug-likeness (QED) is 0.685. The summed E-state index contributed by atoms with van der Waals surface area (Å²) in [5, 5.41) is 2.95. The van der Waals surface area contributed by atoms with E-state index in [1.807, 2.05) is 68.4 Å². The lowest BCUT2D eigenvalue weighted by atomic mass is 10.1. The Morgan fingerprint density at radius 1 is 1.04 bits per heavy atom. The molecule has 0 radical (unpaired) electrons. The highest BCUT2D eigenvalue weighted by Crippen LogP contribution is 2.15. The van der Waals surface area contributed by atoms with Crippen LogP contribution in [0.25, 0.3) is 0 Å². The summed E-state index contributed by atoms with van der Waals surface area (Å²) < 4.78 is 0. The van der Waals surface area contributed by atoms with Gasteiger partial charge in [0.1, 0.15) is 6.04 Å². The molecule has 2 aromatic rings. The van der Waals surface area contributed by atoms with Crippen LogP contribution in [-0.2, 0) is 22.6 Å². The molecule has 0 aliphatic heterocycles. The van der Waals surface area contributed by atoms with Crippen molar-refractivity contribution in [3.05, 3.63) is 71.3 Å². The number of carbonyl (C=O) groups is 2. The molecule has 0 unspecified atom stereocenters. The highest BCUT2D eigenvalue weighted by atomic mass is 16.2. The summed E-state index contributed by atoms with van der Waals surface area (Å²) in [5.41, 5.74) is 3.14. The number of nitrogens with zero attached hydrogens (tertiary/aromatic N) is 1. The predicted octanol–water partition coefficient (Wildman–Crippen LogP) is 3.87. The zero-order valence-electron chi connectivity index (χ0n) is 16.6. The second-order valence-electron chi connectivity index (χ2n) is 6.93. The number of unbranched alkanes of at least 4 members (excludes halogenated alkanes) is 1. The van der Waals surface area contributed by atoms with Gasteiger partial charge in [-0.2, -0.15) is 0 Å². The van der Waals surface area contributed by atoms with Crippen molar-refractivity contribution in [1.82, 2.24) is 10.2 Å². The number of aryl methyl sites for hydroxylation is 1. The van der Waals surface area contributed by atoms with Crippen LogP contribution >= 0.6 is 0 Å². The number of rotatable bonds is 9. The average Bonchev–Trinajstić information content (AvgIpc) is 2.67. The molecule has 4 heteroatoms. The Morgan fingerprint density at radius 3 is 2.37 bits per heavy atom. The van der Waals surface area contributed by atoms with Crippen LogP contribution in [0.4, 0.5) is 0 Å². The van der Waals surface area contributed by atoms with Crippen LogP contribution in [-0.4, -0.2) is 29.3 Å². The molecule has 0 aromatic heterocycles. The smallest absolute Gasteiger partial charge is 0.242 e. The molecule has 2 aromatic carbocycles. The van der Waals surface area contributed by atoms with Crippen molar-refractivity contribution in [2.45, 2.75) is 52.6 Å². The standard InChI is InChI=1S/C23H30N2O2/c1-4-5-15-24-23(27)19(3)25(17-21-14-10-9-11-18(21)2)22(26)16-20-12-7-6-8-13-20/h6-14,19H,4-5,15-17H2,1-3H3,(H,24,27)/t19-/m0/s1. The van der Waals surface area contributed by atoms with Gasteiger partial charge < -0.3 is 10.2 Å². The van der Waals surface area contributed by atoms with Gasteiger partial charge in [-0.1, -0.05) is 67.9 Å². The number of benzene rings is 2. The molecule has 0 aliphatic rings. The van der Waals surface area contributed by atoms with Crippen molar-refractivity contribution < 1.29 is 9.59 Å². The van der Waals surface area contributed by atoms with Crippen molar-refractivity contribution in [3.63, 3.8) is 0 Å². The van der Waals surface area contributed by atoms with Crippen LogP contribution in [0.15, 0.2) is 54.6 Å². The fraction of sp³-hybridized carbons (Fsp3) is 0.391. The summed E-state index contributed by atoms with van der Waals surface area (Å²) in [6.07, 6.45) is 2.25. The Morgan fingerprint density at radius 2 is 1.70 bits per heavy atom. The van der Waals surface area contributed by atoms with Crippen molar-refractivity contribution in [1.29, 1.82) is 0 Å². The van der Waals surface area contributed by atoms with Crippen LogP contribution in [0.1, 0.15) is 43.4 Å². The van der Waals surface area contributed by atoms with Gasteiger partial charge >= 0.3 is 0 Å². The second-order valence-corrected chi connectivity index (χ2v) is 6.93. The van der Waals surface area contributed by atoms with E-state index in [0.717, 1.165) is 29.5 Å². The minimum atomic E-state index is -0.516. The molecule has 0 saturated heterocycles. The topological polar surface area (TPSA) is 49.4 Å². The highest BCUT2D eigenvalue weighted by Gasteiger charge is 2.26. The highest BCUT2D eigenvalue weighted by molar-refractivity contribution is 5.88. The largest absolute Gasteiger partial charge is 0.354 e. The first-order chi connectivity index (χ1) is 13.0. The van der Waals surface area contributed by atoms with Crippen LogP contribution in [0.3, 0.4) is 0 Å². The first-order valence-corrected chi connectivity index (χ1v) is 9.68. The third-order valence-corrected chi connectivity index (χ3v) is 4.80. The van der Waals surface area contributed by atoms with Gasteiger partial charge in [0.15, 0.2) is 0 Å². The zero-order chi connectivity index (χ0) is 19.6. The maximum atomic E-state index is 13.1. The summed E-state index contributed by atoms with van der Waals surface area (Å²) in [4.78, 5) is 27.3. The zero-order valence-corrected chi connectivity index (χ0v) is 16.6. The molecule has 0 spiro atoms. The Labute approximate surface area is 162 Å². The van der Waals surface area contributed by atoms with E-state index in [1.165, 1.54) is 0 Å². The van der Waals surface area contributed by atoms with E-state index in [0.29, 0.717) is 19.5 Å². The minimum absolute atomic E-state index is 0.0393. The molecular formula is C23H30N2O2. The Balaban J connectivity index is 2.17. The number of hydrogen-bond acceptors (Lipinski definition) is 2. The third-order valence-electron chi connectivity index (χ3n) is 4.80. The molecule has 0 aliphatic carbocycles. The van der Waals surface area contributed by atoms with Crippen molar-refractivity contribution in [2.75, 3.05) is 6.54 Å². The monoisotopic (exact) mass is 366 g/mol. The van der Waals surface area contributed by atoms with E-state index in [4.69, 9.17) is 0 Å². The SMILES string of the molecule is CCCCNC(=O)[C@H](C)N(Cc1ccccc1C)C(=O)Cc1ccccc1. The summed E-state index contributed by atoms with van der Waals surface area (Å²) in [6.45, 7) is 7.00. The van der Waals surface area contributed by atoms with E-state index >= 15 is 0 Å². The van der Waals surface area contributed by atoms with Crippen molar-refractivity contribution in [2.24, 2.45) is 0 Å². The normalized spacial score (nSPS) is 11.7. The lowest BCUT2D eigenvalue weighted by Gasteiger charge is -2.29. The average molecular weight is 367 g/mol. The predicted molar refractivity (Wildman–Crippen MR) is 109 cm³/mol. The van der Waals surface area contributed by atoms with E-state index in [2.05, 4.69) is 12.2 Å². The lowest BCUT2D eigenvalue weighted by Crippen LogP contribution is -2.48. The van der Waals surface area contributed by atoms with Gasteiger partial charge in [-0.05, 0) is 37.0 Å². The molecule has 0 bridgehead atoms. The van der Waals surface area contributed by atoms with Gasteiger partial charge in [0.2, 0.25) is 11.8 Å². The van der Waals surface area contributed by atoms with E-state index < -0.39 is 6.04 Å². The van der Waals surface area contributed by atoms with Crippen LogP contribution in [0.2, 0.25) is 0 Å². The van der Waals surface area contributed by atoms with Crippen LogP contribution < -0.4 is 5.32 Å². The van der Waals surface area contributed by atoms with Gasteiger partial charge in [-0.25, -0.2) is 0 Å². The van der Waals surface area contributed by atoms with E-state index in [9.17, 15) is 9.59 Å². The first-order valence-electron chi connectivity index (χ1n) is 9.68. The molecule has 2 rings (SSSR count). The van der Waals surface area contributed by atoms with Gasteiger partial charge in [-0.3, -0.25) is 9.59 Å². The van der Waals surface area contributed by atoms with Gasteiger partial charge in [0, 0.05) is 13.1 Å². The molecule has 0 saturated carbocycles. The van der Waals surface area contributed by atoms with Crippen molar-refractivity contribution >= 4 is 11.8 Å². The Kier molecular flexibility index (Phi) is 8.05. The summed E-state index contributed by atoms with van der Waals surface area (Å²) in [7, 11) is 0. The van der Waals surface area contributed by atoms with Gasteiger partial charge in [0.25, 0.3) is 0 Å². The van der Waals surface area contributed by atoms with Gasteiger partial charge in [0.05, 0.1) is 6.42 Å². The van der Waals surface area contributed by atoms with Crippen LogP contribution in [0, 0.1) is 6.92 Å². The Bertz CT molecular complexity index is 743. The summed E-state index contributed by atoms with van der Waals surface area (Å²) >= 11 is 0. The molecular weight excluding hydrogens is 336 g/mol. The molecule has 0 fully saturated rings. The fourth-order valence-electron chi connectivity index (χ4n) is 2.96. The van der Waals surface area contributed by atoms with Crippen molar-refractivity contribution in [3.8, 4) is 0 Å². The maximum Gasteiger partial charge on any atom is 0.242 e. The van der Waals surface area contributed by atoms with Gasteiger partial charge in [-0.15, -0.1) is 0 Å². The third kappa shape index (κ3) is 6.24. The minimum Gasteiger partial charge on any atom is -0.354 e. The molecule has 1 atom stereocenters. The number of hydrogen-bond donors (Lipinski definition) is 1. The fourth-order valence-corrected chi connectivity index (χ4v) is 2.96. The second kappa shape index (κ2) is 10.5. The molecule has 144 valence electrons. The molecule has 0 heterocycles. The number of carbonyl (C=O) groups excluding carboxylic acids is 2. The molecule has 2 amide bonds. The summed E-state index contributed by atoms with van der Waals surface area (Å²) in [6, 6.07) is 17.1. The Hall–Kier alpha value is -2.62. The number of nitrogens with one attached hydrogen (secondary N) is 1. The molecule has 27 heavy (non-hydrogen) atoms. The molecule has 1 N–H and O–H groups in total. The lowest BCUT2D eigenvalue weighted by molar-refractivity contribution is -0.140. The van der Waals surface area contributed by atoms with Crippen LogP contribution in [0.5, 0.6) is 0 Å². The molecule has 4 nitrogen and oxygen atoms in total. The van der Waals surface area contributed by atoms with E-state index in [1.54, 1.807) is 4.90 Å². The first kappa shape index (κ1) is 20.7. The maximum absolute atomic E-state index is 13.1. The summed E-state index contributed by atoms with van der Waals surface area (Å²) in [5.74, 6) is -0.138. The van der Waals surface area contributed by atoms with E-state index in [-0.39, 0.29) is 11.8 Å². The number of amides is 2.